The van der Waals surface area contributed by atoms with E-state index in [0.29, 0.717) is 5.41 Å². The Kier molecular flexibility index (Phi) is 6.06. The fourth-order valence-electron chi connectivity index (χ4n) is 2.76. The van der Waals surface area contributed by atoms with Gasteiger partial charge in [0.1, 0.15) is 0 Å². The van der Waals surface area contributed by atoms with Crippen LogP contribution in [0.3, 0.4) is 0 Å². The Bertz CT molecular complexity index is 172. The number of nitrogens with one attached hydrogen (secondary N) is 1. The van der Waals surface area contributed by atoms with Crippen molar-refractivity contribution in [2.75, 3.05) is 18.1 Å². The van der Waals surface area contributed by atoms with Crippen LogP contribution in [-0.4, -0.2) is 24.1 Å². The van der Waals surface area contributed by atoms with Crippen molar-refractivity contribution in [1.82, 2.24) is 5.32 Å². The molecule has 1 saturated carbocycles. The zero-order valence-corrected chi connectivity index (χ0v) is 11.5. The monoisotopic (exact) mass is 229 g/mol. The predicted octanol–water partition coefficient (Wildman–Crippen LogP) is 3.69. The van der Waals surface area contributed by atoms with Crippen LogP contribution in [0.5, 0.6) is 0 Å². The van der Waals surface area contributed by atoms with E-state index < -0.39 is 0 Å². The molecule has 1 fully saturated rings. The van der Waals surface area contributed by atoms with Gasteiger partial charge in [0.2, 0.25) is 0 Å². The minimum absolute atomic E-state index is 0.640. The molecule has 0 spiro atoms. The summed E-state index contributed by atoms with van der Waals surface area (Å²) in [6.45, 7) is 8.09. The van der Waals surface area contributed by atoms with Gasteiger partial charge in [-0.3, -0.25) is 0 Å². The molecule has 90 valence electrons. The first kappa shape index (κ1) is 13.4. The van der Waals surface area contributed by atoms with Gasteiger partial charge in [-0.15, -0.1) is 0 Å². The lowest BCUT2D eigenvalue weighted by Crippen LogP contribution is -2.27. The predicted molar refractivity (Wildman–Crippen MR) is 71.7 cm³/mol. The molecule has 1 aliphatic carbocycles. The fraction of sp³-hybridized carbons (Fsp3) is 1.00. The third-order valence-corrected chi connectivity index (χ3v) is 4.59. The molecule has 0 saturated heterocycles. The minimum Gasteiger partial charge on any atom is -0.314 e. The van der Waals surface area contributed by atoms with Gasteiger partial charge in [-0.05, 0) is 55.6 Å². The summed E-state index contributed by atoms with van der Waals surface area (Å²) in [5.41, 5.74) is 0.640. The summed E-state index contributed by atoms with van der Waals surface area (Å²) in [6, 6.07) is 0.804. The molecular weight excluding hydrogens is 202 g/mol. The molecule has 0 heterocycles. The Labute approximate surface area is 99.8 Å². The van der Waals surface area contributed by atoms with Crippen LogP contribution in [0.1, 0.15) is 52.9 Å². The van der Waals surface area contributed by atoms with Crippen LogP contribution in [0.15, 0.2) is 0 Å². The Morgan fingerprint density at radius 1 is 1.40 bits per heavy atom. The molecule has 2 unspecified atom stereocenters. The molecule has 2 atom stereocenters. The minimum atomic E-state index is 0.640. The quantitative estimate of drug-likeness (QED) is 0.668. The lowest BCUT2D eigenvalue weighted by molar-refractivity contribution is 0.296. The van der Waals surface area contributed by atoms with Crippen molar-refractivity contribution in [2.45, 2.75) is 58.9 Å². The van der Waals surface area contributed by atoms with E-state index in [9.17, 15) is 0 Å². The second kappa shape index (κ2) is 6.80. The molecule has 0 bridgehead atoms. The maximum Gasteiger partial charge on any atom is 0.00723 e. The summed E-state index contributed by atoms with van der Waals surface area (Å²) in [7, 11) is 0. The third kappa shape index (κ3) is 4.78. The molecule has 1 aliphatic rings. The van der Waals surface area contributed by atoms with E-state index in [4.69, 9.17) is 0 Å². The van der Waals surface area contributed by atoms with Crippen LogP contribution >= 0.6 is 11.8 Å². The second-order valence-electron chi connectivity index (χ2n) is 5.11. The van der Waals surface area contributed by atoms with Crippen molar-refractivity contribution in [2.24, 2.45) is 5.41 Å². The average Bonchev–Trinajstić information content (AvgIpc) is 2.57. The first-order chi connectivity index (χ1) is 7.20. The van der Waals surface area contributed by atoms with Crippen molar-refractivity contribution in [3.63, 3.8) is 0 Å². The summed E-state index contributed by atoms with van der Waals surface area (Å²) in [5.74, 6) is 2.63. The molecule has 1 N–H and O–H groups in total. The Balaban J connectivity index is 2.17. The summed E-state index contributed by atoms with van der Waals surface area (Å²) in [6.07, 6.45) is 7.07. The topological polar surface area (TPSA) is 12.0 Å². The normalized spacial score (nSPS) is 31.0. The van der Waals surface area contributed by atoms with Gasteiger partial charge < -0.3 is 5.32 Å². The van der Waals surface area contributed by atoms with E-state index >= 15 is 0 Å². The molecule has 0 aromatic heterocycles. The van der Waals surface area contributed by atoms with Crippen molar-refractivity contribution < 1.29 is 0 Å². The van der Waals surface area contributed by atoms with Crippen molar-refractivity contribution in [3.8, 4) is 0 Å². The molecule has 0 aromatic rings. The zero-order chi connectivity index (χ0) is 11.1. The van der Waals surface area contributed by atoms with E-state index in [0.717, 1.165) is 12.6 Å². The van der Waals surface area contributed by atoms with Gasteiger partial charge in [0.15, 0.2) is 0 Å². The number of rotatable bonds is 7. The first-order valence-electron chi connectivity index (χ1n) is 6.51. The highest BCUT2D eigenvalue weighted by Crippen LogP contribution is 2.41. The molecule has 2 heteroatoms. The van der Waals surface area contributed by atoms with Gasteiger partial charge >= 0.3 is 0 Å². The van der Waals surface area contributed by atoms with Gasteiger partial charge in [0, 0.05) is 6.04 Å². The van der Waals surface area contributed by atoms with Crippen molar-refractivity contribution in [3.05, 3.63) is 0 Å². The van der Waals surface area contributed by atoms with Crippen LogP contribution < -0.4 is 5.32 Å². The zero-order valence-electron chi connectivity index (χ0n) is 10.6. The number of hydrogen-bond donors (Lipinski definition) is 1. The SMILES string of the molecule is CCNC1CCC(C)(CCCSCC)C1. The summed E-state index contributed by atoms with van der Waals surface area (Å²) in [4.78, 5) is 0. The summed E-state index contributed by atoms with van der Waals surface area (Å²) in [5, 5.41) is 3.60. The van der Waals surface area contributed by atoms with Crippen LogP contribution in [0.25, 0.3) is 0 Å². The highest BCUT2D eigenvalue weighted by molar-refractivity contribution is 7.99. The standard InChI is InChI=1S/C13H27NS/c1-4-14-12-7-9-13(3,11-12)8-6-10-15-5-2/h12,14H,4-11H2,1-3H3. The van der Waals surface area contributed by atoms with E-state index in [1.807, 2.05) is 0 Å². The molecular formula is C13H27NS. The Morgan fingerprint density at radius 2 is 2.20 bits per heavy atom. The van der Waals surface area contributed by atoms with Crippen molar-refractivity contribution in [1.29, 1.82) is 0 Å². The van der Waals surface area contributed by atoms with Gasteiger partial charge in [-0.2, -0.15) is 11.8 Å². The first-order valence-corrected chi connectivity index (χ1v) is 7.67. The fourth-order valence-corrected chi connectivity index (χ4v) is 3.39. The van der Waals surface area contributed by atoms with Crippen molar-refractivity contribution >= 4 is 11.8 Å². The largest absolute Gasteiger partial charge is 0.314 e. The maximum absolute atomic E-state index is 3.60. The molecule has 15 heavy (non-hydrogen) atoms. The Hall–Kier alpha value is 0.310. The number of thioether (sulfide) groups is 1. The highest BCUT2D eigenvalue weighted by atomic mass is 32.2. The van der Waals surface area contributed by atoms with Gasteiger partial charge in [0.05, 0.1) is 0 Å². The molecule has 0 aromatic carbocycles. The van der Waals surface area contributed by atoms with Crippen LogP contribution in [0.4, 0.5) is 0 Å². The maximum atomic E-state index is 3.60. The molecule has 1 nitrogen and oxygen atoms in total. The Morgan fingerprint density at radius 3 is 2.87 bits per heavy atom. The molecule has 0 radical (unpaired) electrons. The lowest BCUT2D eigenvalue weighted by Gasteiger charge is -2.24. The van der Waals surface area contributed by atoms with E-state index in [-0.39, 0.29) is 0 Å². The highest BCUT2D eigenvalue weighted by Gasteiger charge is 2.33. The van der Waals surface area contributed by atoms with E-state index in [1.165, 1.54) is 43.6 Å². The third-order valence-electron chi connectivity index (χ3n) is 3.60. The van der Waals surface area contributed by atoms with Crippen LogP contribution in [-0.2, 0) is 0 Å². The number of hydrogen-bond acceptors (Lipinski definition) is 2. The molecule has 1 rings (SSSR count). The lowest BCUT2D eigenvalue weighted by atomic mass is 9.84. The molecule has 0 amide bonds. The summed E-state index contributed by atoms with van der Waals surface area (Å²) >= 11 is 2.09. The molecule has 0 aliphatic heterocycles. The summed E-state index contributed by atoms with van der Waals surface area (Å²) < 4.78 is 0. The van der Waals surface area contributed by atoms with E-state index in [2.05, 4.69) is 37.8 Å². The average molecular weight is 229 g/mol. The smallest absolute Gasteiger partial charge is 0.00723 e. The van der Waals surface area contributed by atoms with Gasteiger partial charge in [0.25, 0.3) is 0 Å². The second-order valence-corrected chi connectivity index (χ2v) is 6.50. The van der Waals surface area contributed by atoms with Gasteiger partial charge in [-0.1, -0.05) is 20.8 Å². The van der Waals surface area contributed by atoms with Crippen LogP contribution in [0.2, 0.25) is 0 Å². The van der Waals surface area contributed by atoms with Gasteiger partial charge in [-0.25, -0.2) is 0 Å². The van der Waals surface area contributed by atoms with E-state index in [1.54, 1.807) is 0 Å². The van der Waals surface area contributed by atoms with Crippen LogP contribution in [0, 0.1) is 5.41 Å².